The van der Waals surface area contributed by atoms with Gasteiger partial charge in [-0.05, 0) is 91.8 Å². The molecule has 1 heterocycles. The molecule has 2 aromatic carbocycles. The maximum atomic E-state index is 12.6. The number of thiocarbonyl (C=S) groups is 1. The molecule has 0 spiro atoms. The van der Waals surface area contributed by atoms with E-state index in [1.807, 2.05) is 19.9 Å². The Morgan fingerprint density at radius 2 is 1.68 bits per heavy atom. The van der Waals surface area contributed by atoms with Gasteiger partial charge in [0.2, 0.25) is 5.91 Å². The Morgan fingerprint density at radius 3 is 2.29 bits per heavy atom. The number of benzene rings is 2. The van der Waals surface area contributed by atoms with E-state index < -0.39 is 15.9 Å². The predicted octanol–water partition coefficient (Wildman–Crippen LogP) is 4.22. The van der Waals surface area contributed by atoms with Gasteiger partial charge in [0.1, 0.15) is 5.76 Å². The molecule has 0 bridgehead atoms. The number of nitrogens with one attached hydrogen (secondary N) is 3. The molecule has 1 amide bonds. The van der Waals surface area contributed by atoms with Crippen molar-refractivity contribution in [2.75, 3.05) is 10.0 Å². The molecule has 0 aliphatic heterocycles. The summed E-state index contributed by atoms with van der Waals surface area (Å²) >= 11 is 5.11. The van der Waals surface area contributed by atoms with Crippen LogP contribution in [0.2, 0.25) is 0 Å². The van der Waals surface area contributed by atoms with Crippen molar-refractivity contribution in [3.63, 3.8) is 0 Å². The smallest absolute Gasteiger partial charge is 0.261 e. The van der Waals surface area contributed by atoms with Crippen LogP contribution in [0.3, 0.4) is 0 Å². The maximum absolute atomic E-state index is 12.6. The van der Waals surface area contributed by atoms with Gasteiger partial charge in [-0.1, -0.05) is 6.07 Å². The van der Waals surface area contributed by atoms with Gasteiger partial charge in [-0.25, -0.2) is 8.42 Å². The minimum Gasteiger partial charge on any atom is -0.465 e. The number of hydrogen-bond donors (Lipinski definition) is 3. The van der Waals surface area contributed by atoms with Gasteiger partial charge in [0.25, 0.3) is 10.0 Å². The van der Waals surface area contributed by atoms with Crippen molar-refractivity contribution < 1.29 is 17.6 Å². The van der Waals surface area contributed by atoms with Crippen LogP contribution in [0.15, 0.2) is 76.2 Å². The summed E-state index contributed by atoms with van der Waals surface area (Å²) in [5, 5.41) is 5.42. The summed E-state index contributed by atoms with van der Waals surface area (Å²) in [5.74, 6) is 0.117. The molecule has 0 aliphatic rings. The molecule has 0 unspecified atom stereocenters. The average Bonchev–Trinajstić information content (AvgIpc) is 3.19. The first-order chi connectivity index (χ1) is 14.7. The van der Waals surface area contributed by atoms with E-state index >= 15 is 0 Å². The number of hydrogen-bond acceptors (Lipinski definition) is 5. The van der Waals surface area contributed by atoms with Crippen molar-refractivity contribution >= 4 is 50.7 Å². The van der Waals surface area contributed by atoms with Gasteiger partial charge in [0, 0.05) is 17.5 Å². The molecule has 0 aliphatic carbocycles. The van der Waals surface area contributed by atoms with Crippen LogP contribution in [0.25, 0.3) is 6.08 Å². The average molecular weight is 456 g/mol. The summed E-state index contributed by atoms with van der Waals surface area (Å²) < 4.78 is 33.0. The van der Waals surface area contributed by atoms with Crippen molar-refractivity contribution in [1.29, 1.82) is 0 Å². The topological polar surface area (TPSA) is 100 Å². The third kappa shape index (κ3) is 6.53. The van der Waals surface area contributed by atoms with E-state index in [0.29, 0.717) is 17.1 Å². The lowest BCUT2D eigenvalue weighted by Crippen LogP contribution is -2.32. The molecule has 31 heavy (non-hydrogen) atoms. The number of sulfonamides is 1. The van der Waals surface area contributed by atoms with Crippen LogP contribution in [0, 0.1) is 13.8 Å². The van der Waals surface area contributed by atoms with Gasteiger partial charge in [-0.2, -0.15) is 0 Å². The maximum Gasteiger partial charge on any atom is 0.261 e. The second kappa shape index (κ2) is 9.59. The molecule has 0 fully saturated rings. The summed E-state index contributed by atoms with van der Waals surface area (Å²) in [4.78, 5) is 12.0. The largest absolute Gasteiger partial charge is 0.465 e. The summed E-state index contributed by atoms with van der Waals surface area (Å²) in [6.07, 6.45) is 4.31. The molecule has 9 heteroatoms. The van der Waals surface area contributed by atoms with Gasteiger partial charge in [0.05, 0.1) is 11.2 Å². The first kappa shape index (κ1) is 22.3. The molecule has 1 aromatic heterocycles. The Labute approximate surface area is 186 Å². The first-order valence-corrected chi connectivity index (χ1v) is 11.2. The van der Waals surface area contributed by atoms with Gasteiger partial charge in [0.15, 0.2) is 5.11 Å². The van der Waals surface area contributed by atoms with Crippen LogP contribution in [0.1, 0.15) is 16.9 Å². The molecule has 3 rings (SSSR count). The fraction of sp³-hybridized carbons (Fsp3) is 0.0909. The monoisotopic (exact) mass is 455 g/mol. The van der Waals surface area contributed by atoms with Crippen LogP contribution in [-0.4, -0.2) is 19.4 Å². The van der Waals surface area contributed by atoms with E-state index in [1.165, 1.54) is 30.5 Å². The molecule has 3 aromatic rings. The fourth-order valence-corrected chi connectivity index (χ4v) is 4.08. The standard InChI is InChI=1S/C22H21N3O4S2/c1-15-12-16(2)14-18(13-15)25-31(27,28)20-8-5-17(6-9-20)23-22(30)24-21(26)10-7-19-4-3-11-29-19/h3-14,25H,1-2H3,(H2,23,24,26,30). The van der Waals surface area contributed by atoms with Gasteiger partial charge >= 0.3 is 0 Å². The number of carbonyl (C=O) groups is 1. The van der Waals surface area contributed by atoms with Crippen LogP contribution < -0.4 is 15.4 Å². The summed E-state index contributed by atoms with van der Waals surface area (Å²) in [6, 6.07) is 15.0. The SMILES string of the molecule is Cc1cc(C)cc(NS(=O)(=O)c2ccc(NC(=S)NC(=O)C=Cc3ccco3)cc2)c1. The molecular weight excluding hydrogens is 434 g/mol. The third-order valence-corrected chi connectivity index (χ3v) is 5.68. The van der Waals surface area contributed by atoms with Crippen molar-refractivity contribution in [3.05, 3.63) is 83.8 Å². The quantitative estimate of drug-likeness (QED) is 0.380. The number of rotatable bonds is 6. The van der Waals surface area contributed by atoms with E-state index in [1.54, 1.807) is 36.4 Å². The number of amides is 1. The molecule has 3 N–H and O–H groups in total. The highest BCUT2D eigenvalue weighted by Crippen LogP contribution is 2.20. The van der Waals surface area contributed by atoms with E-state index in [-0.39, 0.29) is 10.0 Å². The van der Waals surface area contributed by atoms with Crippen LogP contribution in [0.4, 0.5) is 11.4 Å². The number of carbonyl (C=O) groups excluding carboxylic acids is 1. The molecule has 7 nitrogen and oxygen atoms in total. The minimum absolute atomic E-state index is 0.0815. The number of anilines is 2. The molecule has 0 saturated carbocycles. The van der Waals surface area contributed by atoms with Crippen molar-refractivity contribution in [3.8, 4) is 0 Å². The first-order valence-electron chi connectivity index (χ1n) is 9.26. The Hall–Kier alpha value is -3.43. The van der Waals surface area contributed by atoms with Crippen LogP contribution in [0.5, 0.6) is 0 Å². The van der Waals surface area contributed by atoms with Crippen LogP contribution in [-0.2, 0) is 14.8 Å². The molecular formula is C22H21N3O4S2. The van der Waals surface area contributed by atoms with E-state index in [2.05, 4.69) is 15.4 Å². The highest BCUT2D eigenvalue weighted by molar-refractivity contribution is 7.92. The van der Waals surface area contributed by atoms with Crippen LogP contribution >= 0.6 is 12.2 Å². The van der Waals surface area contributed by atoms with Gasteiger partial charge in [-0.15, -0.1) is 0 Å². The zero-order valence-corrected chi connectivity index (χ0v) is 18.5. The summed E-state index contributed by atoms with van der Waals surface area (Å²) in [7, 11) is -3.74. The summed E-state index contributed by atoms with van der Waals surface area (Å²) in [6.45, 7) is 3.81. The molecule has 0 radical (unpaired) electrons. The van der Waals surface area contributed by atoms with Crippen molar-refractivity contribution in [2.24, 2.45) is 0 Å². The normalized spacial score (nSPS) is 11.3. The van der Waals surface area contributed by atoms with E-state index in [9.17, 15) is 13.2 Å². The predicted molar refractivity (Wildman–Crippen MR) is 125 cm³/mol. The van der Waals surface area contributed by atoms with Crippen molar-refractivity contribution in [2.45, 2.75) is 18.7 Å². The van der Waals surface area contributed by atoms with Crippen molar-refractivity contribution in [1.82, 2.24) is 5.32 Å². The van der Waals surface area contributed by atoms with E-state index in [4.69, 9.17) is 16.6 Å². The Kier molecular flexibility index (Phi) is 6.88. The Balaban J connectivity index is 1.60. The summed E-state index contributed by atoms with van der Waals surface area (Å²) in [5.41, 5.74) is 2.97. The molecule has 0 saturated heterocycles. The number of aryl methyl sites for hydroxylation is 2. The second-order valence-electron chi connectivity index (χ2n) is 6.80. The highest BCUT2D eigenvalue weighted by atomic mass is 32.2. The fourth-order valence-electron chi connectivity index (χ4n) is 2.82. The lowest BCUT2D eigenvalue weighted by atomic mass is 10.1. The third-order valence-electron chi connectivity index (χ3n) is 4.08. The van der Waals surface area contributed by atoms with Gasteiger partial charge < -0.3 is 9.73 Å². The molecule has 160 valence electrons. The second-order valence-corrected chi connectivity index (χ2v) is 8.89. The van der Waals surface area contributed by atoms with E-state index in [0.717, 1.165) is 11.1 Å². The highest BCUT2D eigenvalue weighted by Gasteiger charge is 2.14. The lowest BCUT2D eigenvalue weighted by Gasteiger charge is -2.11. The Morgan fingerprint density at radius 1 is 1.00 bits per heavy atom. The number of furan rings is 1. The Bertz CT molecular complexity index is 1200. The van der Waals surface area contributed by atoms with Gasteiger partial charge in [-0.3, -0.25) is 14.8 Å². The zero-order chi connectivity index (χ0) is 22.4. The lowest BCUT2D eigenvalue weighted by molar-refractivity contribution is -0.115. The minimum atomic E-state index is -3.74. The zero-order valence-electron chi connectivity index (χ0n) is 16.9. The molecule has 0 atom stereocenters.